The normalized spacial score (nSPS) is 11.6. The lowest BCUT2D eigenvalue weighted by Gasteiger charge is -2.07. The van der Waals surface area contributed by atoms with E-state index in [0.717, 1.165) is 9.75 Å². The average molecular weight is 376 g/mol. The summed E-state index contributed by atoms with van der Waals surface area (Å²) in [5.41, 5.74) is 0. The molecule has 0 radical (unpaired) electrons. The Morgan fingerprint density at radius 1 is 1.45 bits per heavy atom. The SMILES string of the molecule is CNCc1cc(S(=O)(=O)Nc2ncccc2Br)c(C)s1. The smallest absolute Gasteiger partial charge is 0.264 e. The van der Waals surface area contributed by atoms with E-state index in [1.807, 2.05) is 7.05 Å². The maximum Gasteiger partial charge on any atom is 0.264 e. The van der Waals surface area contributed by atoms with Crippen LogP contribution in [0.25, 0.3) is 0 Å². The number of hydrogen-bond donors (Lipinski definition) is 2. The quantitative estimate of drug-likeness (QED) is 0.842. The van der Waals surface area contributed by atoms with Crippen LogP contribution in [-0.2, 0) is 16.6 Å². The van der Waals surface area contributed by atoms with Crippen LogP contribution in [0.5, 0.6) is 0 Å². The van der Waals surface area contributed by atoms with Crippen molar-refractivity contribution in [3.8, 4) is 0 Å². The lowest BCUT2D eigenvalue weighted by molar-refractivity contribution is 0.601. The van der Waals surface area contributed by atoms with Crippen LogP contribution >= 0.6 is 27.3 Å². The van der Waals surface area contributed by atoms with E-state index in [9.17, 15) is 8.42 Å². The van der Waals surface area contributed by atoms with Crippen LogP contribution in [0.3, 0.4) is 0 Å². The van der Waals surface area contributed by atoms with Crippen molar-refractivity contribution in [1.82, 2.24) is 10.3 Å². The summed E-state index contributed by atoms with van der Waals surface area (Å²) >= 11 is 4.74. The number of pyridine rings is 1. The Bertz CT molecular complexity index is 713. The van der Waals surface area contributed by atoms with E-state index in [1.54, 1.807) is 25.1 Å². The molecule has 0 bridgehead atoms. The van der Waals surface area contributed by atoms with Crippen molar-refractivity contribution < 1.29 is 8.42 Å². The van der Waals surface area contributed by atoms with Crippen LogP contribution in [0.4, 0.5) is 5.82 Å². The first-order valence-electron chi connectivity index (χ1n) is 5.81. The van der Waals surface area contributed by atoms with Gasteiger partial charge < -0.3 is 5.32 Å². The fraction of sp³-hybridized carbons (Fsp3) is 0.250. The Morgan fingerprint density at radius 3 is 2.85 bits per heavy atom. The number of halogens is 1. The second kappa shape index (κ2) is 6.21. The van der Waals surface area contributed by atoms with Crippen molar-refractivity contribution in [2.75, 3.05) is 11.8 Å². The maximum atomic E-state index is 12.4. The number of nitrogens with zero attached hydrogens (tertiary/aromatic N) is 1. The van der Waals surface area contributed by atoms with E-state index in [-0.39, 0.29) is 5.82 Å². The Balaban J connectivity index is 2.33. The van der Waals surface area contributed by atoms with E-state index in [1.165, 1.54) is 17.5 Å². The Kier molecular flexibility index (Phi) is 4.79. The summed E-state index contributed by atoms with van der Waals surface area (Å²) in [6.45, 7) is 2.44. The standard InChI is InChI=1S/C12H14BrN3O2S2/c1-8-11(6-9(19-8)7-14-2)20(17,18)16-12-10(13)4-3-5-15-12/h3-6,14H,7H2,1-2H3,(H,15,16). The van der Waals surface area contributed by atoms with E-state index in [0.29, 0.717) is 15.9 Å². The molecule has 0 spiro atoms. The summed E-state index contributed by atoms with van der Waals surface area (Å²) in [5.74, 6) is 0.285. The number of aryl methyl sites for hydroxylation is 1. The number of aromatic nitrogens is 1. The predicted octanol–water partition coefficient (Wildman–Crippen LogP) is 2.73. The van der Waals surface area contributed by atoms with E-state index >= 15 is 0 Å². The van der Waals surface area contributed by atoms with Gasteiger partial charge in [-0.05, 0) is 48.1 Å². The second-order valence-electron chi connectivity index (χ2n) is 4.10. The van der Waals surface area contributed by atoms with Gasteiger partial charge in [-0.1, -0.05) is 0 Å². The van der Waals surface area contributed by atoms with Gasteiger partial charge in [-0.25, -0.2) is 13.4 Å². The largest absolute Gasteiger partial charge is 0.315 e. The van der Waals surface area contributed by atoms with Gasteiger partial charge in [0.15, 0.2) is 5.82 Å². The van der Waals surface area contributed by atoms with Gasteiger partial charge in [0.25, 0.3) is 10.0 Å². The lowest BCUT2D eigenvalue weighted by atomic mass is 10.4. The molecular formula is C12H14BrN3O2S2. The van der Waals surface area contributed by atoms with Gasteiger partial charge in [0.05, 0.1) is 4.47 Å². The molecule has 0 aliphatic heterocycles. The van der Waals surface area contributed by atoms with Crippen LogP contribution in [-0.4, -0.2) is 20.4 Å². The minimum Gasteiger partial charge on any atom is -0.315 e. The minimum atomic E-state index is -3.62. The number of sulfonamides is 1. The molecule has 8 heteroatoms. The van der Waals surface area contributed by atoms with Crippen LogP contribution in [0.2, 0.25) is 0 Å². The van der Waals surface area contributed by atoms with E-state index < -0.39 is 10.0 Å². The highest BCUT2D eigenvalue weighted by Gasteiger charge is 2.21. The molecule has 5 nitrogen and oxygen atoms in total. The third-order valence-electron chi connectivity index (χ3n) is 2.55. The Labute approximate surface area is 130 Å². The summed E-state index contributed by atoms with van der Waals surface area (Å²) in [7, 11) is -1.80. The summed E-state index contributed by atoms with van der Waals surface area (Å²) in [6.07, 6.45) is 1.54. The van der Waals surface area contributed by atoms with Crippen molar-refractivity contribution in [2.24, 2.45) is 0 Å². The van der Waals surface area contributed by atoms with Gasteiger partial charge in [-0.2, -0.15) is 0 Å². The summed E-state index contributed by atoms with van der Waals surface area (Å²) in [4.78, 5) is 6.05. The number of thiophene rings is 1. The monoisotopic (exact) mass is 375 g/mol. The van der Waals surface area contributed by atoms with Crippen molar-refractivity contribution in [3.05, 3.63) is 38.6 Å². The molecular weight excluding hydrogens is 362 g/mol. The minimum absolute atomic E-state index is 0.285. The predicted molar refractivity (Wildman–Crippen MR) is 84.6 cm³/mol. The van der Waals surface area contributed by atoms with Crippen LogP contribution in [0.1, 0.15) is 9.75 Å². The first-order chi connectivity index (χ1) is 9.44. The summed E-state index contributed by atoms with van der Waals surface area (Å²) in [5, 5.41) is 3.01. The Morgan fingerprint density at radius 2 is 2.20 bits per heavy atom. The van der Waals surface area contributed by atoms with Gasteiger partial charge >= 0.3 is 0 Å². The first-order valence-corrected chi connectivity index (χ1v) is 8.90. The molecule has 2 aromatic rings. The number of rotatable bonds is 5. The van der Waals surface area contributed by atoms with Crippen LogP contribution in [0, 0.1) is 6.92 Å². The highest BCUT2D eigenvalue weighted by Crippen LogP contribution is 2.28. The lowest BCUT2D eigenvalue weighted by Crippen LogP contribution is -2.14. The van der Waals surface area contributed by atoms with Gasteiger partial charge in [0.2, 0.25) is 0 Å². The number of nitrogens with one attached hydrogen (secondary N) is 2. The molecule has 0 aromatic carbocycles. The average Bonchev–Trinajstić information content (AvgIpc) is 2.74. The molecule has 20 heavy (non-hydrogen) atoms. The fourth-order valence-electron chi connectivity index (χ4n) is 1.70. The molecule has 0 saturated heterocycles. The molecule has 0 unspecified atom stereocenters. The molecule has 0 fully saturated rings. The molecule has 0 amide bonds. The fourth-order valence-corrected chi connectivity index (χ4v) is 4.86. The molecule has 108 valence electrons. The van der Waals surface area contributed by atoms with Crippen molar-refractivity contribution in [1.29, 1.82) is 0 Å². The molecule has 2 heterocycles. The Hall–Kier alpha value is -0.960. The van der Waals surface area contributed by atoms with Crippen molar-refractivity contribution in [3.63, 3.8) is 0 Å². The second-order valence-corrected chi connectivity index (χ2v) is 7.95. The highest BCUT2D eigenvalue weighted by atomic mass is 79.9. The zero-order chi connectivity index (χ0) is 14.8. The molecule has 2 aromatic heterocycles. The van der Waals surface area contributed by atoms with Crippen LogP contribution < -0.4 is 10.0 Å². The zero-order valence-electron chi connectivity index (χ0n) is 11.0. The zero-order valence-corrected chi connectivity index (χ0v) is 14.2. The van der Waals surface area contributed by atoms with E-state index in [4.69, 9.17) is 0 Å². The third kappa shape index (κ3) is 3.38. The van der Waals surface area contributed by atoms with Crippen molar-refractivity contribution >= 4 is 43.1 Å². The van der Waals surface area contributed by atoms with Gasteiger partial charge in [0.1, 0.15) is 4.90 Å². The van der Waals surface area contributed by atoms with Crippen molar-refractivity contribution in [2.45, 2.75) is 18.4 Å². The van der Waals surface area contributed by atoms with E-state index in [2.05, 4.69) is 31.0 Å². The molecule has 0 atom stereocenters. The molecule has 2 N–H and O–H groups in total. The van der Waals surface area contributed by atoms with Gasteiger partial charge in [0, 0.05) is 22.5 Å². The molecule has 0 aliphatic carbocycles. The van der Waals surface area contributed by atoms with Crippen LogP contribution in [0.15, 0.2) is 33.8 Å². The molecule has 0 saturated carbocycles. The number of anilines is 1. The number of hydrogen-bond acceptors (Lipinski definition) is 5. The first kappa shape index (κ1) is 15.4. The molecule has 0 aliphatic rings. The molecule has 2 rings (SSSR count). The van der Waals surface area contributed by atoms with Gasteiger partial charge in [-0.15, -0.1) is 11.3 Å². The highest BCUT2D eigenvalue weighted by molar-refractivity contribution is 9.10. The summed E-state index contributed by atoms with van der Waals surface area (Å²) < 4.78 is 27.9. The summed E-state index contributed by atoms with van der Waals surface area (Å²) in [6, 6.07) is 5.15. The third-order valence-corrected chi connectivity index (χ3v) is 5.84. The van der Waals surface area contributed by atoms with Gasteiger partial charge in [-0.3, -0.25) is 4.72 Å². The topological polar surface area (TPSA) is 71.1 Å². The maximum absolute atomic E-state index is 12.4.